The van der Waals surface area contributed by atoms with Crippen LogP contribution in [0.15, 0.2) is 54.6 Å². The summed E-state index contributed by atoms with van der Waals surface area (Å²) in [4.78, 5) is 0. The lowest BCUT2D eigenvalue weighted by Gasteiger charge is -2.14. The molecule has 0 aromatic heterocycles. The van der Waals surface area contributed by atoms with Crippen LogP contribution in [-0.4, -0.2) is 6.18 Å². The average molecular weight is 287 g/mol. The van der Waals surface area contributed by atoms with E-state index in [2.05, 4.69) is 0 Å². The molecule has 5 heteroatoms. The summed E-state index contributed by atoms with van der Waals surface area (Å²) < 4.78 is 42.7. The van der Waals surface area contributed by atoms with Crippen molar-refractivity contribution < 1.29 is 17.9 Å². The Morgan fingerprint density at radius 1 is 0.842 bits per heavy atom. The molecule has 0 radical (unpaired) electrons. The summed E-state index contributed by atoms with van der Waals surface area (Å²) in [6.45, 7) is 0. The molecule has 1 atom stereocenters. The van der Waals surface area contributed by atoms with Crippen molar-refractivity contribution in [3.05, 3.63) is 60.2 Å². The summed E-state index contributed by atoms with van der Waals surface area (Å²) in [5.74, 6) is 1.08. The van der Waals surface area contributed by atoms with Crippen molar-refractivity contribution in [2.45, 2.75) is 11.6 Å². The number of hydrogen-bond donors (Lipinski definition) is 0. The molecule has 2 aromatic carbocycles. The molecule has 0 aliphatic rings. The van der Waals surface area contributed by atoms with Crippen LogP contribution >= 0.6 is 11.6 Å². The highest BCUT2D eigenvalue weighted by molar-refractivity contribution is 6.21. The van der Waals surface area contributed by atoms with Gasteiger partial charge in [0.25, 0.3) is 0 Å². The summed E-state index contributed by atoms with van der Waals surface area (Å²) in [6, 6.07) is 14.5. The Morgan fingerprint density at radius 3 is 1.89 bits per heavy atom. The number of rotatable bonds is 3. The van der Waals surface area contributed by atoms with Crippen LogP contribution in [0, 0.1) is 0 Å². The monoisotopic (exact) mass is 286 g/mol. The van der Waals surface area contributed by atoms with Gasteiger partial charge in [0.15, 0.2) is 5.38 Å². The normalized spacial score (nSPS) is 13.1. The van der Waals surface area contributed by atoms with Crippen molar-refractivity contribution >= 4 is 11.6 Å². The van der Waals surface area contributed by atoms with Crippen LogP contribution < -0.4 is 4.74 Å². The van der Waals surface area contributed by atoms with Gasteiger partial charge in [-0.3, -0.25) is 0 Å². The Labute approximate surface area is 113 Å². The molecule has 2 rings (SSSR count). The number of alkyl halides is 4. The summed E-state index contributed by atoms with van der Waals surface area (Å²) in [6.07, 6.45) is -4.46. The third kappa shape index (κ3) is 3.64. The molecule has 19 heavy (non-hydrogen) atoms. The van der Waals surface area contributed by atoms with Crippen LogP contribution in [0.4, 0.5) is 13.2 Å². The van der Waals surface area contributed by atoms with Crippen LogP contribution in [0.2, 0.25) is 0 Å². The van der Waals surface area contributed by atoms with Crippen molar-refractivity contribution in [2.75, 3.05) is 0 Å². The minimum absolute atomic E-state index is 0.00502. The third-order valence-electron chi connectivity index (χ3n) is 2.44. The number of benzene rings is 2. The Bertz CT molecular complexity index is 523. The van der Waals surface area contributed by atoms with E-state index >= 15 is 0 Å². The van der Waals surface area contributed by atoms with Crippen LogP contribution in [0.25, 0.3) is 0 Å². The number of hydrogen-bond acceptors (Lipinski definition) is 1. The standard InChI is InChI=1S/C14H10ClF3O/c15-13(14(16,17)18)10-6-8-12(9-7-10)19-11-4-2-1-3-5-11/h1-9,13H. The minimum Gasteiger partial charge on any atom is -0.457 e. The van der Waals surface area contributed by atoms with Crippen LogP contribution in [0.1, 0.15) is 10.9 Å². The maximum Gasteiger partial charge on any atom is 0.408 e. The van der Waals surface area contributed by atoms with Gasteiger partial charge in [-0.1, -0.05) is 30.3 Å². The van der Waals surface area contributed by atoms with Gasteiger partial charge in [0.05, 0.1) is 0 Å². The molecule has 0 aliphatic carbocycles. The van der Waals surface area contributed by atoms with E-state index in [9.17, 15) is 13.2 Å². The Kier molecular flexibility index (Phi) is 4.00. The summed E-state index contributed by atoms with van der Waals surface area (Å²) in [7, 11) is 0. The second-order valence-corrected chi connectivity index (χ2v) is 4.32. The molecule has 0 amide bonds. The molecular formula is C14H10ClF3O. The maximum atomic E-state index is 12.4. The Balaban J connectivity index is 2.11. The molecule has 0 N–H and O–H groups in total. The smallest absolute Gasteiger partial charge is 0.408 e. The van der Waals surface area contributed by atoms with Crippen molar-refractivity contribution in [2.24, 2.45) is 0 Å². The van der Waals surface area contributed by atoms with Gasteiger partial charge in [-0.05, 0) is 29.8 Å². The highest BCUT2D eigenvalue weighted by atomic mass is 35.5. The summed E-state index contributed by atoms with van der Waals surface area (Å²) >= 11 is 5.33. The van der Waals surface area contributed by atoms with Crippen molar-refractivity contribution in [3.8, 4) is 11.5 Å². The van der Waals surface area contributed by atoms with E-state index in [0.717, 1.165) is 0 Å². The molecular weight excluding hydrogens is 277 g/mol. The molecule has 2 aromatic rings. The average Bonchev–Trinajstić information content (AvgIpc) is 2.39. The van der Waals surface area contributed by atoms with Gasteiger partial charge in [-0.25, -0.2) is 0 Å². The fourth-order valence-electron chi connectivity index (χ4n) is 1.52. The molecule has 100 valence electrons. The lowest BCUT2D eigenvalue weighted by Crippen LogP contribution is -2.15. The van der Waals surface area contributed by atoms with Crippen LogP contribution in [0.5, 0.6) is 11.5 Å². The third-order valence-corrected chi connectivity index (χ3v) is 2.94. The molecule has 0 fully saturated rings. The fraction of sp³-hybridized carbons (Fsp3) is 0.143. The van der Waals surface area contributed by atoms with E-state index in [-0.39, 0.29) is 5.56 Å². The summed E-state index contributed by atoms with van der Waals surface area (Å²) in [5, 5.41) is -2.00. The summed E-state index contributed by atoms with van der Waals surface area (Å²) in [5.41, 5.74) is -0.00502. The zero-order valence-corrected chi connectivity index (χ0v) is 10.4. The SMILES string of the molecule is FC(F)(F)C(Cl)c1ccc(Oc2ccccc2)cc1. The van der Waals surface area contributed by atoms with Crippen molar-refractivity contribution in [3.63, 3.8) is 0 Å². The van der Waals surface area contributed by atoms with Crippen LogP contribution in [0.3, 0.4) is 0 Å². The van der Waals surface area contributed by atoms with Crippen molar-refractivity contribution in [1.29, 1.82) is 0 Å². The van der Waals surface area contributed by atoms with Crippen LogP contribution in [-0.2, 0) is 0 Å². The molecule has 0 heterocycles. The van der Waals surface area contributed by atoms with Gasteiger partial charge in [-0.15, -0.1) is 11.6 Å². The first-order valence-electron chi connectivity index (χ1n) is 5.50. The van der Waals surface area contributed by atoms with E-state index < -0.39 is 11.6 Å². The predicted octanol–water partition coefficient (Wildman–Crippen LogP) is 5.32. The zero-order valence-electron chi connectivity index (χ0n) is 9.69. The minimum atomic E-state index is -4.46. The van der Waals surface area contributed by atoms with E-state index in [0.29, 0.717) is 11.5 Å². The first kappa shape index (κ1) is 13.7. The lowest BCUT2D eigenvalue weighted by atomic mass is 10.1. The molecule has 0 saturated heterocycles. The highest BCUT2D eigenvalue weighted by Gasteiger charge is 2.39. The topological polar surface area (TPSA) is 9.23 Å². The van der Waals surface area contributed by atoms with Gasteiger partial charge in [-0.2, -0.15) is 13.2 Å². The zero-order chi connectivity index (χ0) is 13.9. The fourth-order valence-corrected chi connectivity index (χ4v) is 1.66. The molecule has 0 saturated carbocycles. The second-order valence-electron chi connectivity index (χ2n) is 3.89. The van der Waals surface area contributed by atoms with Gasteiger partial charge >= 0.3 is 6.18 Å². The first-order chi connectivity index (χ1) is 8.97. The predicted molar refractivity (Wildman–Crippen MR) is 67.6 cm³/mol. The van der Waals surface area contributed by atoms with E-state index in [4.69, 9.17) is 16.3 Å². The maximum absolute atomic E-state index is 12.4. The Hall–Kier alpha value is -1.68. The number of para-hydroxylation sites is 1. The molecule has 1 nitrogen and oxygen atoms in total. The molecule has 1 unspecified atom stereocenters. The van der Waals surface area contributed by atoms with Gasteiger partial charge in [0.1, 0.15) is 11.5 Å². The van der Waals surface area contributed by atoms with Gasteiger partial charge < -0.3 is 4.74 Å². The van der Waals surface area contributed by atoms with Crippen molar-refractivity contribution in [1.82, 2.24) is 0 Å². The highest BCUT2D eigenvalue weighted by Crippen LogP contribution is 2.38. The Morgan fingerprint density at radius 2 is 1.37 bits per heavy atom. The van der Waals surface area contributed by atoms with E-state index in [1.807, 2.05) is 18.2 Å². The molecule has 0 bridgehead atoms. The largest absolute Gasteiger partial charge is 0.457 e. The van der Waals surface area contributed by atoms with E-state index in [1.54, 1.807) is 12.1 Å². The number of ether oxygens (including phenoxy) is 1. The second kappa shape index (κ2) is 5.53. The molecule has 0 aliphatic heterocycles. The first-order valence-corrected chi connectivity index (χ1v) is 5.94. The van der Waals surface area contributed by atoms with Gasteiger partial charge in [0.2, 0.25) is 0 Å². The quantitative estimate of drug-likeness (QED) is 0.694. The van der Waals surface area contributed by atoms with Gasteiger partial charge in [0, 0.05) is 0 Å². The number of halogens is 4. The molecule has 0 spiro atoms. The lowest BCUT2D eigenvalue weighted by molar-refractivity contribution is -0.131. The van der Waals surface area contributed by atoms with E-state index in [1.165, 1.54) is 24.3 Å².